The first kappa shape index (κ1) is 30.4. The molecule has 7 nitrogen and oxygen atoms in total. The molecule has 0 fully saturated rings. The van der Waals surface area contributed by atoms with E-state index in [2.05, 4.69) is 38.4 Å². The SMILES string of the molecule is Cn1c(-c2[c-]c(-c3nc4ccccc4n3C)ccc2)nc2ccccc21.O=C(O)c1cccc(-c2[c-]cc(F)cc2F)n1.[Ir]. The number of hydrogen-bond donors (Lipinski definition) is 1. The number of hydrogen-bond acceptors (Lipinski definition) is 4. The average molecular weight is 764 g/mol. The molecule has 44 heavy (non-hydrogen) atoms. The van der Waals surface area contributed by atoms with Gasteiger partial charge in [-0.05, 0) is 36.0 Å². The molecule has 4 aromatic carbocycles. The first-order valence-corrected chi connectivity index (χ1v) is 13.2. The molecule has 0 amide bonds. The van der Waals surface area contributed by atoms with Crippen LogP contribution in [0.4, 0.5) is 8.78 Å². The first-order valence-electron chi connectivity index (χ1n) is 13.2. The number of imidazole rings is 2. The minimum Gasteiger partial charge on any atom is -0.477 e. The molecule has 1 N–H and O–H groups in total. The second-order valence-electron chi connectivity index (χ2n) is 9.70. The molecule has 3 heterocycles. The summed E-state index contributed by atoms with van der Waals surface area (Å²) in [6.07, 6.45) is 0. The maximum absolute atomic E-state index is 13.4. The summed E-state index contributed by atoms with van der Waals surface area (Å²) in [7, 11) is 4.08. The van der Waals surface area contributed by atoms with E-state index in [9.17, 15) is 13.6 Å². The van der Waals surface area contributed by atoms with Crippen LogP contribution < -0.4 is 0 Å². The van der Waals surface area contributed by atoms with E-state index in [0.717, 1.165) is 50.9 Å². The van der Waals surface area contributed by atoms with Gasteiger partial charge in [0.15, 0.2) is 0 Å². The molecule has 0 saturated heterocycles. The van der Waals surface area contributed by atoms with E-state index in [1.807, 2.05) is 68.7 Å². The van der Waals surface area contributed by atoms with Crippen LogP contribution in [0.5, 0.6) is 0 Å². The van der Waals surface area contributed by atoms with Gasteiger partial charge in [0.05, 0.1) is 33.7 Å². The van der Waals surface area contributed by atoms with Crippen LogP contribution in [0.2, 0.25) is 0 Å². The van der Waals surface area contributed by atoms with Gasteiger partial charge in [0.25, 0.3) is 0 Å². The van der Waals surface area contributed by atoms with Crippen LogP contribution >= 0.6 is 0 Å². The number of fused-ring (bicyclic) bond motifs is 2. The maximum atomic E-state index is 13.4. The van der Waals surface area contributed by atoms with Gasteiger partial charge in [0, 0.05) is 45.8 Å². The molecule has 7 rings (SSSR count). The molecule has 0 atom stereocenters. The topological polar surface area (TPSA) is 85.8 Å². The van der Waals surface area contributed by atoms with Crippen molar-refractivity contribution >= 4 is 28.0 Å². The van der Waals surface area contributed by atoms with Crippen molar-refractivity contribution in [1.82, 2.24) is 24.1 Å². The van der Waals surface area contributed by atoms with Crippen molar-refractivity contribution in [2.45, 2.75) is 0 Å². The zero-order valence-corrected chi connectivity index (χ0v) is 25.8. The van der Waals surface area contributed by atoms with Gasteiger partial charge in [-0.1, -0.05) is 59.2 Å². The molecule has 0 bridgehead atoms. The number of aromatic carboxylic acids is 1. The van der Waals surface area contributed by atoms with Crippen molar-refractivity contribution in [3.63, 3.8) is 0 Å². The smallest absolute Gasteiger partial charge is 0.353 e. The average Bonchev–Trinajstić information content (AvgIpc) is 3.54. The van der Waals surface area contributed by atoms with Crippen LogP contribution in [0.25, 0.3) is 56.1 Å². The number of aromatic nitrogens is 5. The predicted octanol–water partition coefficient (Wildman–Crippen LogP) is 7.12. The van der Waals surface area contributed by atoms with E-state index in [0.29, 0.717) is 6.07 Å². The monoisotopic (exact) mass is 764 g/mol. The molecular weight excluding hydrogens is 741 g/mol. The van der Waals surface area contributed by atoms with Crippen LogP contribution in [0.3, 0.4) is 0 Å². The zero-order valence-electron chi connectivity index (χ0n) is 23.4. The van der Waals surface area contributed by atoms with Gasteiger partial charge >= 0.3 is 5.97 Å². The first-order chi connectivity index (χ1) is 20.8. The fourth-order valence-corrected chi connectivity index (χ4v) is 4.84. The molecule has 10 heteroatoms. The quantitative estimate of drug-likeness (QED) is 0.193. The summed E-state index contributed by atoms with van der Waals surface area (Å²) in [5, 5.41) is 8.74. The van der Waals surface area contributed by atoms with Crippen LogP contribution in [-0.2, 0) is 34.2 Å². The number of carboxylic acids is 1. The normalized spacial score (nSPS) is 10.7. The Morgan fingerprint density at radius 3 is 1.82 bits per heavy atom. The molecule has 0 aliphatic rings. The number of rotatable bonds is 4. The molecule has 0 aliphatic heterocycles. The second-order valence-corrected chi connectivity index (χ2v) is 9.70. The Hall–Kier alpha value is -5.05. The number of carboxylic acid groups (broad SMARTS) is 1. The van der Waals surface area contributed by atoms with Crippen molar-refractivity contribution in [2.24, 2.45) is 14.1 Å². The third-order valence-corrected chi connectivity index (χ3v) is 6.93. The number of carbonyl (C=O) groups is 1. The summed E-state index contributed by atoms with van der Waals surface area (Å²) in [5.74, 6) is -0.978. The maximum Gasteiger partial charge on any atom is 0.353 e. The van der Waals surface area contributed by atoms with Crippen LogP contribution in [0.1, 0.15) is 10.5 Å². The van der Waals surface area contributed by atoms with E-state index in [4.69, 9.17) is 15.1 Å². The number of nitrogens with zero attached hydrogens (tertiary/aromatic N) is 5. The molecule has 0 aliphatic carbocycles. The molecular formula is C34H23F2IrN5O2-2. The Kier molecular flexibility index (Phi) is 8.76. The third-order valence-electron chi connectivity index (χ3n) is 6.93. The van der Waals surface area contributed by atoms with Crippen LogP contribution in [0.15, 0.2) is 97.1 Å². The summed E-state index contributed by atoms with van der Waals surface area (Å²) in [6.45, 7) is 0. The van der Waals surface area contributed by atoms with E-state index in [1.165, 1.54) is 18.2 Å². The Labute approximate surface area is 264 Å². The summed E-state index contributed by atoms with van der Waals surface area (Å²) in [4.78, 5) is 24.0. The third kappa shape index (κ3) is 5.90. The van der Waals surface area contributed by atoms with Gasteiger partial charge in [0.2, 0.25) is 0 Å². The Morgan fingerprint density at radius 1 is 0.750 bits per heavy atom. The van der Waals surface area contributed by atoms with Gasteiger partial charge in [-0.15, -0.1) is 36.4 Å². The van der Waals surface area contributed by atoms with E-state index in [1.54, 1.807) is 0 Å². The standard InChI is InChI=1S/C22H17N4.C12H6F2NO2.Ir/c1-25-19-12-5-3-10-17(19)23-21(25)15-8-7-9-16(14-15)22-24-18-11-4-6-13-20(18)26(22)2;13-7-4-5-8(9(14)6-7)10-2-1-3-11(15-10)12(16)17;/h3-13H,1-2H3;1-4,6H,(H,16,17);/q2*-1;. The number of para-hydroxylation sites is 4. The van der Waals surface area contributed by atoms with E-state index >= 15 is 0 Å². The Bertz CT molecular complexity index is 2050. The fourth-order valence-electron chi connectivity index (χ4n) is 4.84. The van der Waals surface area contributed by atoms with Gasteiger partial charge in [-0.25, -0.2) is 4.79 Å². The molecule has 7 aromatic rings. The van der Waals surface area contributed by atoms with Crippen LogP contribution in [0, 0.1) is 23.8 Å². The summed E-state index contributed by atoms with van der Waals surface area (Å²) in [5.41, 5.74) is 5.98. The largest absolute Gasteiger partial charge is 0.477 e. The molecule has 221 valence electrons. The zero-order chi connectivity index (χ0) is 30.1. The summed E-state index contributed by atoms with van der Waals surface area (Å²) in [6, 6.07) is 34.2. The number of aryl methyl sites for hydroxylation is 2. The number of benzene rings is 4. The molecule has 3 aromatic heterocycles. The van der Waals surface area contributed by atoms with Crippen molar-refractivity contribution < 1.29 is 38.8 Å². The summed E-state index contributed by atoms with van der Waals surface area (Å²) < 4.78 is 30.3. The van der Waals surface area contributed by atoms with E-state index < -0.39 is 17.6 Å². The molecule has 0 saturated carbocycles. The van der Waals surface area contributed by atoms with E-state index in [-0.39, 0.29) is 37.1 Å². The Balaban J connectivity index is 0.000000187. The summed E-state index contributed by atoms with van der Waals surface area (Å²) >= 11 is 0. The second kappa shape index (κ2) is 12.7. The molecule has 0 unspecified atom stereocenters. The van der Waals surface area contributed by atoms with Gasteiger partial charge in [0.1, 0.15) is 5.69 Å². The van der Waals surface area contributed by atoms with Crippen LogP contribution in [-0.4, -0.2) is 35.2 Å². The van der Waals surface area contributed by atoms with Gasteiger partial charge in [-0.2, -0.15) is 0 Å². The van der Waals surface area contributed by atoms with Gasteiger partial charge < -0.3 is 14.2 Å². The van der Waals surface area contributed by atoms with Crippen molar-refractivity contribution in [3.8, 4) is 34.0 Å². The number of pyridine rings is 1. The van der Waals surface area contributed by atoms with Gasteiger partial charge in [-0.3, -0.25) is 23.7 Å². The molecule has 0 spiro atoms. The van der Waals surface area contributed by atoms with Crippen molar-refractivity contribution in [2.75, 3.05) is 0 Å². The minimum absolute atomic E-state index is 0. The Morgan fingerprint density at radius 2 is 1.30 bits per heavy atom. The van der Waals surface area contributed by atoms with Crippen molar-refractivity contribution in [1.29, 1.82) is 0 Å². The number of halogens is 2. The fraction of sp³-hybridized carbons (Fsp3) is 0.0588. The minimum atomic E-state index is -1.21. The predicted molar refractivity (Wildman–Crippen MR) is 160 cm³/mol. The van der Waals surface area contributed by atoms with Crippen molar-refractivity contribution in [3.05, 3.63) is 127 Å². The molecule has 1 radical (unpaired) electrons.